The van der Waals surface area contributed by atoms with Gasteiger partial charge in [0.2, 0.25) is 5.91 Å². The summed E-state index contributed by atoms with van der Waals surface area (Å²) in [5, 5.41) is 5.39. The topological polar surface area (TPSA) is 105 Å². The lowest BCUT2D eigenvalue weighted by atomic mass is 10.1. The maximum atomic E-state index is 12.2. The lowest BCUT2D eigenvalue weighted by Gasteiger charge is -2.18. The van der Waals surface area contributed by atoms with Crippen molar-refractivity contribution in [1.82, 2.24) is 5.32 Å². The summed E-state index contributed by atoms with van der Waals surface area (Å²) in [7, 11) is 0. The minimum Gasteiger partial charge on any atom is -0.366 e. The van der Waals surface area contributed by atoms with Crippen molar-refractivity contribution < 1.29 is 14.4 Å². The molecule has 2 aromatic rings. The Labute approximate surface area is 151 Å². The van der Waals surface area contributed by atoms with Crippen LogP contribution in [0.2, 0.25) is 0 Å². The normalized spacial score (nSPS) is 16.4. The largest absolute Gasteiger partial charge is 0.366 e. The summed E-state index contributed by atoms with van der Waals surface area (Å²) < 4.78 is 0. The van der Waals surface area contributed by atoms with Gasteiger partial charge in [-0.1, -0.05) is 29.8 Å². The van der Waals surface area contributed by atoms with Crippen molar-refractivity contribution in [1.29, 1.82) is 0 Å². The van der Waals surface area contributed by atoms with Crippen molar-refractivity contribution >= 4 is 29.2 Å². The summed E-state index contributed by atoms with van der Waals surface area (Å²) in [6, 6.07) is 13.4. The maximum Gasteiger partial charge on any atom is 0.319 e. The Balaban J connectivity index is 1.63. The van der Waals surface area contributed by atoms with Crippen LogP contribution in [0.1, 0.15) is 22.3 Å². The van der Waals surface area contributed by atoms with Gasteiger partial charge in [-0.25, -0.2) is 4.79 Å². The highest BCUT2D eigenvalue weighted by molar-refractivity contribution is 6.03. The quantitative estimate of drug-likeness (QED) is 0.784. The summed E-state index contributed by atoms with van der Waals surface area (Å²) in [6.45, 7) is 2.38. The lowest BCUT2D eigenvalue weighted by Crippen LogP contribution is -2.40. The number of benzene rings is 2. The van der Waals surface area contributed by atoms with Gasteiger partial charge in [0.1, 0.15) is 0 Å². The highest BCUT2D eigenvalue weighted by Gasteiger charge is 2.31. The number of carbonyl (C=O) groups excluding carboxylic acids is 3. The number of carbonyl (C=O) groups is 3. The molecule has 134 valence electrons. The zero-order valence-electron chi connectivity index (χ0n) is 14.4. The fourth-order valence-corrected chi connectivity index (χ4v) is 2.93. The van der Waals surface area contributed by atoms with Gasteiger partial charge in [0.05, 0.1) is 17.3 Å². The molecule has 1 saturated heterocycles. The van der Waals surface area contributed by atoms with Crippen molar-refractivity contribution in [3.63, 3.8) is 0 Å². The third kappa shape index (κ3) is 3.83. The molecule has 0 saturated carbocycles. The molecule has 1 heterocycles. The van der Waals surface area contributed by atoms with E-state index in [9.17, 15) is 14.4 Å². The Morgan fingerprint density at radius 1 is 1.12 bits per heavy atom. The minimum atomic E-state index is -0.623. The molecule has 1 atom stereocenters. The summed E-state index contributed by atoms with van der Waals surface area (Å²) in [5.41, 5.74) is 7.79. The predicted octanol–water partition coefficient (Wildman–Crippen LogP) is 2.02. The summed E-state index contributed by atoms with van der Waals surface area (Å²) >= 11 is 0. The summed E-state index contributed by atoms with van der Waals surface area (Å²) in [4.78, 5) is 37.5. The third-order valence-corrected chi connectivity index (χ3v) is 4.25. The first-order valence-electron chi connectivity index (χ1n) is 8.27. The predicted molar refractivity (Wildman–Crippen MR) is 99.1 cm³/mol. The average Bonchev–Trinajstić information content (AvgIpc) is 2.96. The molecule has 26 heavy (non-hydrogen) atoms. The van der Waals surface area contributed by atoms with Crippen molar-refractivity contribution in [2.45, 2.75) is 19.4 Å². The van der Waals surface area contributed by atoms with E-state index in [-0.39, 0.29) is 23.9 Å². The second-order valence-electron chi connectivity index (χ2n) is 6.25. The van der Waals surface area contributed by atoms with Crippen LogP contribution in [0.15, 0.2) is 48.5 Å². The van der Waals surface area contributed by atoms with Crippen molar-refractivity contribution in [2.24, 2.45) is 5.73 Å². The standard InChI is InChI=1S/C19H20N4O3/c1-12-6-8-14(9-7-12)23-11-13(10-17(23)24)21-19(26)22-16-5-3-2-4-15(16)18(20)25/h2-9,13H,10-11H2,1H3,(H2,20,25)(H2,21,22,26)/t13-/m0/s1. The number of para-hydroxylation sites is 1. The second-order valence-corrected chi connectivity index (χ2v) is 6.25. The molecule has 7 heteroatoms. The van der Waals surface area contributed by atoms with Crippen LogP contribution in [0.3, 0.4) is 0 Å². The fraction of sp³-hybridized carbons (Fsp3) is 0.211. The monoisotopic (exact) mass is 352 g/mol. The Morgan fingerprint density at radius 2 is 1.81 bits per heavy atom. The van der Waals surface area contributed by atoms with Crippen LogP contribution >= 0.6 is 0 Å². The lowest BCUT2D eigenvalue weighted by molar-refractivity contribution is -0.117. The number of nitrogens with zero attached hydrogens (tertiary/aromatic N) is 1. The van der Waals surface area contributed by atoms with E-state index in [0.29, 0.717) is 12.2 Å². The molecule has 0 bridgehead atoms. The van der Waals surface area contributed by atoms with Crippen LogP contribution in [0, 0.1) is 6.92 Å². The molecule has 1 aliphatic heterocycles. The van der Waals surface area contributed by atoms with Crippen LogP contribution in [0.4, 0.5) is 16.2 Å². The van der Waals surface area contributed by atoms with Crippen molar-refractivity contribution in [2.75, 3.05) is 16.8 Å². The van der Waals surface area contributed by atoms with Gasteiger partial charge < -0.3 is 21.3 Å². The van der Waals surface area contributed by atoms with E-state index in [1.807, 2.05) is 31.2 Å². The van der Waals surface area contributed by atoms with Gasteiger partial charge >= 0.3 is 6.03 Å². The highest BCUT2D eigenvalue weighted by Crippen LogP contribution is 2.22. The van der Waals surface area contributed by atoms with Crippen LogP contribution in [-0.4, -0.2) is 30.4 Å². The molecule has 2 aromatic carbocycles. The number of hydrogen-bond acceptors (Lipinski definition) is 3. The number of urea groups is 1. The van der Waals surface area contributed by atoms with Crippen LogP contribution < -0.4 is 21.3 Å². The van der Waals surface area contributed by atoms with Crippen molar-refractivity contribution in [3.8, 4) is 0 Å². The Bertz CT molecular complexity index is 848. The molecule has 7 nitrogen and oxygen atoms in total. The zero-order chi connectivity index (χ0) is 18.7. The van der Waals surface area contributed by atoms with Crippen LogP contribution in [-0.2, 0) is 4.79 Å². The molecule has 0 radical (unpaired) electrons. The molecule has 1 fully saturated rings. The Hall–Kier alpha value is -3.35. The number of nitrogens with one attached hydrogen (secondary N) is 2. The number of aryl methyl sites for hydroxylation is 1. The second kappa shape index (κ2) is 7.26. The number of rotatable bonds is 4. The van der Waals surface area contributed by atoms with E-state index < -0.39 is 11.9 Å². The number of hydrogen-bond donors (Lipinski definition) is 3. The minimum absolute atomic E-state index is 0.0447. The zero-order valence-corrected chi connectivity index (χ0v) is 14.4. The molecule has 4 N–H and O–H groups in total. The Kier molecular flexibility index (Phi) is 4.88. The first-order valence-corrected chi connectivity index (χ1v) is 8.27. The van der Waals surface area contributed by atoms with Crippen LogP contribution in [0.5, 0.6) is 0 Å². The number of amides is 4. The summed E-state index contributed by atoms with van der Waals surface area (Å²) in [5.74, 6) is -0.667. The molecule has 0 spiro atoms. The third-order valence-electron chi connectivity index (χ3n) is 4.25. The number of primary amides is 1. The van der Waals surface area contributed by atoms with Crippen molar-refractivity contribution in [3.05, 3.63) is 59.7 Å². The number of nitrogens with two attached hydrogens (primary N) is 1. The molecule has 0 unspecified atom stereocenters. The smallest absolute Gasteiger partial charge is 0.319 e. The molecule has 4 amide bonds. The van der Waals surface area contributed by atoms with Gasteiger partial charge in [-0.3, -0.25) is 9.59 Å². The van der Waals surface area contributed by atoms with Gasteiger partial charge in [0.15, 0.2) is 0 Å². The molecular weight excluding hydrogens is 332 g/mol. The van der Waals surface area contributed by atoms with E-state index in [1.54, 1.807) is 23.1 Å². The van der Waals surface area contributed by atoms with Crippen LogP contribution in [0.25, 0.3) is 0 Å². The van der Waals surface area contributed by atoms with Gasteiger partial charge in [0.25, 0.3) is 5.91 Å². The SMILES string of the molecule is Cc1ccc(N2C[C@@H](NC(=O)Nc3ccccc3C(N)=O)CC2=O)cc1. The molecule has 1 aliphatic rings. The van der Waals surface area contributed by atoms with Gasteiger partial charge in [0, 0.05) is 18.7 Å². The van der Waals surface area contributed by atoms with E-state index in [1.165, 1.54) is 6.07 Å². The number of anilines is 2. The van der Waals surface area contributed by atoms with E-state index in [2.05, 4.69) is 10.6 Å². The fourth-order valence-electron chi connectivity index (χ4n) is 2.93. The molecule has 0 aliphatic carbocycles. The Morgan fingerprint density at radius 3 is 2.50 bits per heavy atom. The van der Waals surface area contributed by atoms with Gasteiger partial charge in [-0.15, -0.1) is 0 Å². The van der Waals surface area contributed by atoms with E-state index in [4.69, 9.17) is 5.73 Å². The first kappa shape index (κ1) is 17.5. The molecule has 0 aromatic heterocycles. The highest BCUT2D eigenvalue weighted by atomic mass is 16.2. The maximum absolute atomic E-state index is 12.2. The van der Waals surface area contributed by atoms with Gasteiger partial charge in [-0.05, 0) is 31.2 Å². The van der Waals surface area contributed by atoms with E-state index >= 15 is 0 Å². The summed E-state index contributed by atoms with van der Waals surface area (Å²) in [6.07, 6.45) is 0.221. The molecule has 3 rings (SSSR count). The average molecular weight is 352 g/mol. The van der Waals surface area contributed by atoms with Gasteiger partial charge in [-0.2, -0.15) is 0 Å². The molecular formula is C19H20N4O3. The van der Waals surface area contributed by atoms with E-state index in [0.717, 1.165) is 11.3 Å². The first-order chi connectivity index (χ1) is 12.4.